The number of nitrogens with one attached hydrogen (secondary N) is 1. The van der Waals surface area contributed by atoms with Crippen LogP contribution in [0.3, 0.4) is 0 Å². The van der Waals surface area contributed by atoms with Gasteiger partial charge in [0.15, 0.2) is 0 Å². The Balaban J connectivity index is 2.01. The molecule has 116 valence electrons. The first-order valence-electron chi connectivity index (χ1n) is 6.65. The summed E-state index contributed by atoms with van der Waals surface area (Å²) >= 11 is 5.79. The van der Waals surface area contributed by atoms with Crippen LogP contribution in [-0.2, 0) is 10.0 Å². The highest BCUT2D eigenvalue weighted by atomic mass is 35.5. The Morgan fingerprint density at radius 1 is 1.33 bits per heavy atom. The molecule has 0 aliphatic carbocycles. The van der Waals surface area contributed by atoms with E-state index in [1.165, 1.54) is 12.1 Å². The van der Waals surface area contributed by atoms with Gasteiger partial charge in [0, 0.05) is 13.1 Å². The van der Waals surface area contributed by atoms with Crippen molar-refractivity contribution in [2.75, 3.05) is 26.2 Å². The zero-order chi connectivity index (χ0) is 15.5. The third-order valence-electron chi connectivity index (χ3n) is 3.40. The molecule has 0 bridgehead atoms. The van der Waals surface area contributed by atoms with Crippen LogP contribution in [0.15, 0.2) is 23.1 Å². The second-order valence-corrected chi connectivity index (χ2v) is 7.07. The summed E-state index contributed by atoms with van der Waals surface area (Å²) in [6.45, 7) is 2.99. The summed E-state index contributed by atoms with van der Waals surface area (Å²) in [6.07, 6.45) is 2.30. The zero-order valence-corrected chi connectivity index (χ0v) is 13.0. The van der Waals surface area contributed by atoms with Crippen molar-refractivity contribution in [3.63, 3.8) is 0 Å². The first-order chi connectivity index (χ1) is 9.90. The maximum absolute atomic E-state index is 12.1. The molecule has 1 aromatic carbocycles. The Labute approximate surface area is 128 Å². The number of hydrogen-bond acceptors (Lipinski definition) is 4. The van der Waals surface area contributed by atoms with Gasteiger partial charge in [-0.1, -0.05) is 11.6 Å². The van der Waals surface area contributed by atoms with Crippen LogP contribution < -0.4 is 4.72 Å². The van der Waals surface area contributed by atoms with Gasteiger partial charge >= 0.3 is 5.97 Å². The Kier molecular flexibility index (Phi) is 5.21. The van der Waals surface area contributed by atoms with Crippen LogP contribution >= 0.6 is 11.6 Å². The number of hydrogen-bond donors (Lipinski definition) is 2. The lowest BCUT2D eigenvalue weighted by Crippen LogP contribution is -2.33. The maximum atomic E-state index is 12.1. The van der Waals surface area contributed by atoms with E-state index in [1.54, 1.807) is 0 Å². The van der Waals surface area contributed by atoms with Gasteiger partial charge in [0.25, 0.3) is 0 Å². The number of carbonyl (C=O) groups is 1. The van der Waals surface area contributed by atoms with Crippen LogP contribution in [-0.4, -0.2) is 50.6 Å². The fourth-order valence-corrected chi connectivity index (χ4v) is 3.64. The molecular formula is C13H17ClN2O4S. The van der Waals surface area contributed by atoms with E-state index in [0.29, 0.717) is 13.1 Å². The Bertz CT molecular complexity index is 627. The Morgan fingerprint density at radius 2 is 2.00 bits per heavy atom. The van der Waals surface area contributed by atoms with Gasteiger partial charge in [-0.2, -0.15) is 0 Å². The molecule has 6 nitrogen and oxygen atoms in total. The summed E-state index contributed by atoms with van der Waals surface area (Å²) in [5.74, 6) is -1.19. The molecule has 21 heavy (non-hydrogen) atoms. The molecule has 0 unspecified atom stereocenters. The lowest BCUT2D eigenvalue weighted by Gasteiger charge is -2.15. The average molecular weight is 333 g/mol. The number of likely N-dealkylation sites (tertiary alicyclic amines) is 1. The Morgan fingerprint density at radius 3 is 2.57 bits per heavy atom. The second-order valence-electron chi connectivity index (χ2n) is 4.89. The van der Waals surface area contributed by atoms with Crippen molar-refractivity contribution in [3.8, 4) is 0 Å². The van der Waals surface area contributed by atoms with E-state index in [4.69, 9.17) is 16.7 Å². The molecule has 2 N–H and O–H groups in total. The van der Waals surface area contributed by atoms with Crippen LogP contribution in [0, 0.1) is 0 Å². The van der Waals surface area contributed by atoms with Crippen LogP contribution in [0.25, 0.3) is 0 Å². The fraction of sp³-hybridized carbons (Fsp3) is 0.462. The topological polar surface area (TPSA) is 86.7 Å². The maximum Gasteiger partial charge on any atom is 0.337 e. The van der Waals surface area contributed by atoms with Crippen LogP contribution in [0.4, 0.5) is 0 Å². The van der Waals surface area contributed by atoms with Crippen molar-refractivity contribution in [1.82, 2.24) is 9.62 Å². The van der Waals surface area contributed by atoms with E-state index in [-0.39, 0.29) is 15.5 Å². The molecule has 1 aliphatic heterocycles. The number of nitrogens with zero attached hydrogens (tertiary/aromatic N) is 1. The highest BCUT2D eigenvalue weighted by Crippen LogP contribution is 2.20. The third kappa shape index (κ3) is 4.16. The summed E-state index contributed by atoms with van der Waals surface area (Å²) in [6, 6.07) is 3.59. The van der Waals surface area contributed by atoms with E-state index in [2.05, 4.69) is 9.62 Å². The number of benzene rings is 1. The SMILES string of the molecule is O=C(O)c1ccc(S(=O)(=O)NCCN2CCCC2)cc1Cl. The molecular weight excluding hydrogens is 316 g/mol. The fourth-order valence-electron chi connectivity index (χ4n) is 2.26. The van der Waals surface area contributed by atoms with Gasteiger partial charge in [0.1, 0.15) is 0 Å². The number of rotatable bonds is 6. The van der Waals surface area contributed by atoms with Gasteiger partial charge in [0.2, 0.25) is 10.0 Å². The quantitative estimate of drug-likeness (QED) is 0.822. The molecule has 0 atom stereocenters. The normalized spacial score (nSPS) is 16.2. The molecule has 0 amide bonds. The van der Waals surface area contributed by atoms with Crippen molar-refractivity contribution in [2.45, 2.75) is 17.7 Å². The summed E-state index contributed by atoms with van der Waals surface area (Å²) in [5.41, 5.74) is -0.118. The molecule has 8 heteroatoms. The number of sulfonamides is 1. The predicted molar refractivity (Wildman–Crippen MR) is 79.3 cm³/mol. The van der Waals surface area contributed by atoms with E-state index >= 15 is 0 Å². The monoisotopic (exact) mass is 332 g/mol. The standard InChI is InChI=1S/C13H17ClN2O4S/c14-12-9-10(3-4-11(12)13(17)18)21(19,20)15-5-8-16-6-1-2-7-16/h3-4,9,15H,1-2,5-8H2,(H,17,18). The first kappa shape index (κ1) is 16.2. The molecule has 0 radical (unpaired) electrons. The second kappa shape index (κ2) is 6.74. The highest BCUT2D eigenvalue weighted by Gasteiger charge is 2.18. The van der Waals surface area contributed by atoms with Crippen molar-refractivity contribution in [1.29, 1.82) is 0 Å². The van der Waals surface area contributed by atoms with Crippen LogP contribution in [0.5, 0.6) is 0 Å². The molecule has 1 aliphatic rings. The number of carboxylic acids is 1. The average Bonchev–Trinajstić information content (AvgIpc) is 2.91. The largest absolute Gasteiger partial charge is 0.478 e. The molecule has 0 saturated carbocycles. The molecule has 0 aromatic heterocycles. The molecule has 1 aromatic rings. The van der Waals surface area contributed by atoms with E-state index in [0.717, 1.165) is 32.0 Å². The minimum atomic E-state index is -3.67. The number of carboxylic acid groups (broad SMARTS) is 1. The van der Waals surface area contributed by atoms with Crippen molar-refractivity contribution in [2.24, 2.45) is 0 Å². The molecule has 2 rings (SSSR count). The summed E-state index contributed by atoms with van der Waals surface area (Å²) < 4.78 is 26.7. The van der Waals surface area contributed by atoms with Crippen molar-refractivity contribution < 1.29 is 18.3 Å². The van der Waals surface area contributed by atoms with Gasteiger partial charge in [-0.25, -0.2) is 17.9 Å². The lowest BCUT2D eigenvalue weighted by atomic mass is 10.2. The van der Waals surface area contributed by atoms with Gasteiger partial charge in [-0.3, -0.25) is 0 Å². The zero-order valence-electron chi connectivity index (χ0n) is 11.4. The van der Waals surface area contributed by atoms with Crippen molar-refractivity contribution in [3.05, 3.63) is 28.8 Å². The summed E-state index contributed by atoms with van der Waals surface area (Å²) in [5, 5.41) is 8.77. The minimum Gasteiger partial charge on any atom is -0.478 e. The molecule has 1 fully saturated rings. The molecule has 1 saturated heterocycles. The summed E-state index contributed by atoms with van der Waals surface area (Å²) in [7, 11) is -3.67. The van der Waals surface area contributed by atoms with Crippen molar-refractivity contribution >= 4 is 27.6 Å². The van der Waals surface area contributed by atoms with Gasteiger partial charge in [-0.15, -0.1) is 0 Å². The molecule has 0 spiro atoms. The lowest BCUT2D eigenvalue weighted by molar-refractivity contribution is 0.0697. The third-order valence-corrected chi connectivity index (χ3v) is 5.17. The predicted octanol–water partition coefficient (Wildman–Crippen LogP) is 1.41. The number of halogens is 1. The molecule has 1 heterocycles. The smallest absolute Gasteiger partial charge is 0.337 e. The first-order valence-corrected chi connectivity index (χ1v) is 8.51. The van der Waals surface area contributed by atoms with Crippen LogP contribution in [0.2, 0.25) is 5.02 Å². The van der Waals surface area contributed by atoms with Gasteiger partial charge in [-0.05, 0) is 44.1 Å². The van der Waals surface area contributed by atoms with E-state index < -0.39 is 16.0 Å². The van der Waals surface area contributed by atoms with Gasteiger partial charge in [0.05, 0.1) is 15.5 Å². The summed E-state index contributed by atoms with van der Waals surface area (Å²) in [4.78, 5) is 13.0. The highest BCUT2D eigenvalue weighted by molar-refractivity contribution is 7.89. The van der Waals surface area contributed by atoms with E-state index in [9.17, 15) is 13.2 Å². The number of aromatic carboxylic acids is 1. The van der Waals surface area contributed by atoms with Gasteiger partial charge < -0.3 is 10.0 Å². The minimum absolute atomic E-state index is 0.0288. The van der Waals surface area contributed by atoms with E-state index in [1.807, 2.05) is 0 Å². The Hall–Kier alpha value is -1.15. The van der Waals surface area contributed by atoms with Crippen LogP contribution in [0.1, 0.15) is 23.2 Å².